The standard InChI is InChI=1S/C9H10FN2O4S.3CH3.Sn/c10-6-7(15)4(3-13)17-8(6)12-2-1-5(14)11-9(12)16;;;;/h2,4,6-8,13,15H,3H2,(H,11,14,16);3*1H3;/t4-,6+,7-,8-;;;;/m1..../s1. The molecule has 9 heteroatoms. The molecule has 0 aliphatic carbocycles. The van der Waals surface area contributed by atoms with E-state index in [0.717, 1.165) is 16.3 Å². The van der Waals surface area contributed by atoms with Gasteiger partial charge in [0.15, 0.2) is 0 Å². The van der Waals surface area contributed by atoms with Crippen LogP contribution in [0.4, 0.5) is 4.39 Å². The summed E-state index contributed by atoms with van der Waals surface area (Å²) in [6, 6.07) is 0. The summed E-state index contributed by atoms with van der Waals surface area (Å²) in [5, 5.41) is 17.3. The van der Waals surface area contributed by atoms with Crippen LogP contribution in [0.25, 0.3) is 0 Å². The van der Waals surface area contributed by atoms with Crippen LogP contribution in [0.2, 0.25) is 14.8 Å². The van der Waals surface area contributed by atoms with E-state index in [9.17, 15) is 19.1 Å². The molecule has 1 aliphatic rings. The number of thioether (sulfide) groups is 1. The predicted octanol–water partition coefficient (Wildman–Crippen LogP) is -0.613. The average Bonchev–Trinajstić information content (AvgIpc) is 2.65. The molecule has 0 radical (unpaired) electrons. The Morgan fingerprint density at radius 2 is 2.05 bits per heavy atom. The molecule has 1 fully saturated rings. The van der Waals surface area contributed by atoms with Crippen LogP contribution in [0.5, 0.6) is 0 Å². The molecule has 1 aromatic rings. The number of aromatic amines is 1. The van der Waals surface area contributed by atoms with E-state index in [1.54, 1.807) is 0 Å². The molecule has 0 bridgehead atoms. The number of aromatic nitrogens is 2. The summed E-state index contributed by atoms with van der Waals surface area (Å²) in [6.07, 6.45) is -1.56. The van der Waals surface area contributed by atoms with Crippen molar-refractivity contribution in [2.45, 2.75) is 37.7 Å². The molecule has 0 unspecified atom stereocenters. The Bertz CT molecular complexity index is 641. The maximum absolute atomic E-state index is 14.2. The van der Waals surface area contributed by atoms with Gasteiger partial charge in [-0.15, -0.1) is 0 Å². The zero-order chi connectivity index (χ0) is 15.9. The van der Waals surface area contributed by atoms with Crippen LogP contribution >= 0.6 is 11.8 Å². The number of aliphatic hydroxyl groups is 2. The third kappa shape index (κ3) is 3.22. The molecule has 6 nitrogen and oxygen atoms in total. The van der Waals surface area contributed by atoms with Crippen molar-refractivity contribution in [3.63, 3.8) is 0 Å². The molecule has 0 saturated carbocycles. The molecule has 118 valence electrons. The Morgan fingerprint density at radius 1 is 1.43 bits per heavy atom. The van der Waals surface area contributed by atoms with Crippen LogP contribution in [-0.2, 0) is 0 Å². The van der Waals surface area contributed by atoms with E-state index in [1.807, 2.05) is 14.8 Å². The Balaban J connectivity index is 2.50. The molecule has 0 aromatic carbocycles. The maximum atomic E-state index is 14.2. The van der Waals surface area contributed by atoms with Crippen molar-refractivity contribution < 1.29 is 14.6 Å². The van der Waals surface area contributed by atoms with Gasteiger partial charge in [0.25, 0.3) is 0 Å². The van der Waals surface area contributed by atoms with Gasteiger partial charge in [-0.1, -0.05) is 0 Å². The molecule has 1 saturated heterocycles. The summed E-state index contributed by atoms with van der Waals surface area (Å²) in [5.41, 5.74) is -1.09. The second-order valence-electron chi connectivity index (χ2n) is 6.14. The van der Waals surface area contributed by atoms with E-state index in [-0.39, 0.29) is 6.61 Å². The predicted molar refractivity (Wildman–Crippen MR) is 82.7 cm³/mol. The zero-order valence-electron chi connectivity index (χ0n) is 12.0. The molecule has 1 aromatic heterocycles. The SMILES string of the molecule is [CH3][Sn]([CH3])([CH3])[c]1cn([C@@H]2S[C@H](CO)[C@@H](O)[C@@H]2F)c(=O)[nH]c1=O. The first-order valence-electron chi connectivity index (χ1n) is 6.61. The van der Waals surface area contributed by atoms with Gasteiger partial charge in [-0.3, -0.25) is 0 Å². The average molecular weight is 425 g/mol. The van der Waals surface area contributed by atoms with Crippen LogP contribution in [-0.4, -0.2) is 62.3 Å². The third-order valence-electron chi connectivity index (χ3n) is 3.52. The second kappa shape index (κ2) is 6.05. The number of halogens is 1. The molecule has 0 amide bonds. The molecule has 1 aliphatic heterocycles. The molecular formula is C12H19FN2O4SSn. The molecule has 2 heterocycles. The second-order valence-corrected chi connectivity index (χ2v) is 21.9. The fraction of sp³-hybridized carbons (Fsp3) is 0.667. The summed E-state index contributed by atoms with van der Waals surface area (Å²) in [6.45, 7) is -0.369. The quantitative estimate of drug-likeness (QED) is 0.562. The van der Waals surface area contributed by atoms with Crippen molar-refractivity contribution in [1.82, 2.24) is 9.55 Å². The van der Waals surface area contributed by atoms with Crippen LogP contribution in [0.15, 0.2) is 15.8 Å². The summed E-state index contributed by atoms with van der Waals surface area (Å²) in [5.74, 6) is 0. The number of nitrogens with zero attached hydrogens (tertiary/aromatic N) is 1. The summed E-state index contributed by atoms with van der Waals surface area (Å²) in [4.78, 5) is 32.2. The number of nitrogens with one attached hydrogen (secondary N) is 1. The van der Waals surface area contributed by atoms with Crippen LogP contribution in [0.3, 0.4) is 0 Å². The van der Waals surface area contributed by atoms with E-state index in [0.29, 0.717) is 3.58 Å². The van der Waals surface area contributed by atoms with Crippen molar-refractivity contribution in [3.8, 4) is 0 Å². The van der Waals surface area contributed by atoms with Gasteiger partial charge < -0.3 is 0 Å². The van der Waals surface area contributed by atoms with Gasteiger partial charge in [-0.05, 0) is 0 Å². The first kappa shape index (κ1) is 17.0. The summed E-state index contributed by atoms with van der Waals surface area (Å²) in [7, 11) is 0. The van der Waals surface area contributed by atoms with Gasteiger partial charge in [0.05, 0.1) is 0 Å². The topological polar surface area (TPSA) is 95.3 Å². The number of hydrogen-bond donors (Lipinski definition) is 3. The van der Waals surface area contributed by atoms with Gasteiger partial charge in [-0.25, -0.2) is 0 Å². The first-order chi connectivity index (χ1) is 9.66. The Hall–Kier alpha value is -0.321. The molecule has 4 atom stereocenters. The Labute approximate surface area is 129 Å². The summed E-state index contributed by atoms with van der Waals surface area (Å²) >= 11 is -1.75. The van der Waals surface area contributed by atoms with Crippen molar-refractivity contribution in [2.24, 2.45) is 0 Å². The van der Waals surface area contributed by atoms with Gasteiger partial charge in [-0.2, -0.15) is 0 Å². The van der Waals surface area contributed by atoms with Gasteiger partial charge in [0.1, 0.15) is 0 Å². The normalized spacial score (nSPS) is 29.8. The molecule has 3 N–H and O–H groups in total. The molecular weight excluding hydrogens is 406 g/mol. The van der Waals surface area contributed by atoms with E-state index >= 15 is 0 Å². The number of H-pyrrole nitrogens is 1. The monoisotopic (exact) mass is 426 g/mol. The van der Waals surface area contributed by atoms with E-state index in [1.165, 1.54) is 6.20 Å². The molecule has 2 rings (SSSR count). The first-order valence-corrected chi connectivity index (χ1v) is 17.5. The van der Waals surface area contributed by atoms with Crippen LogP contribution in [0.1, 0.15) is 5.37 Å². The van der Waals surface area contributed by atoms with E-state index in [2.05, 4.69) is 4.98 Å². The number of aliphatic hydroxyl groups excluding tert-OH is 2. The third-order valence-corrected chi connectivity index (χ3v) is 10.7. The fourth-order valence-corrected chi connectivity index (χ4v) is 7.27. The van der Waals surface area contributed by atoms with Crippen molar-refractivity contribution in [3.05, 3.63) is 27.0 Å². The Morgan fingerprint density at radius 3 is 2.52 bits per heavy atom. The summed E-state index contributed by atoms with van der Waals surface area (Å²) < 4.78 is 15.9. The number of hydrogen-bond acceptors (Lipinski definition) is 5. The molecule has 21 heavy (non-hydrogen) atoms. The zero-order valence-corrected chi connectivity index (χ0v) is 15.7. The Kier molecular flexibility index (Phi) is 4.91. The van der Waals surface area contributed by atoms with Gasteiger partial charge in [0.2, 0.25) is 0 Å². The van der Waals surface area contributed by atoms with Crippen LogP contribution in [0, 0.1) is 0 Å². The van der Waals surface area contributed by atoms with Crippen LogP contribution < -0.4 is 14.8 Å². The number of alkyl halides is 1. The van der Waals surface area contributed by atoms with Crippen molar-refractivity contribution in [2.75, 3.05) is 6.61 Å². The minimum atomic E-state index is -2.76. The fourth-order valence-electron chi connectivity index (χ4n) is 2.29. The molecule has 0 spiro atoms. The van der Waals surface area contributed by atoms with E-state index < -0.39 is 52.5 Å². The van der Waals surface area contributed by atoms with E-state index in [4.69, 9.17) is 5.11 Å². The van der Waals surface area contributed by atoms with Crippen molar-refractivity contribution in [1.29, 1.82) is 0 Å². The van der Waals surface area contributed by atoms with Crippen molar-refractivity contribution >= 4 is 33.7 Å². The number of rotatable bonds is 3. The minimum absolute atomic E-state index is 0.369. The van der Waals surface area contributed by atoms with Gasteiger partial charge in [0, 0.05) is 0 Å². The van der Waals surface area contributed by atoms with Gasteiger partial charge >= 0.3 is 129 Å².